The summed E-state index contributed by atoms with van der Waals surface area (Å²) in [6.45, 7) is 4.85. The van der Waals surface area contributed by atoms with Gasteiger partial charge in [0, 0.05) is 5.33 Å². The Morgan fingerprint density at radius 1 is 0.944 bits per heavy atom. The molecule has 2 heteroatoms. The van der Waals surface area contributed by atoms with E-state index in [0.29, 0.717) is 6.61 Å². The lowest BCUT2D eigenvalue weighted by Crippen LogP contribution is -1.97. The molecule has 94 valence electrons. The number of hydrogen-bond donors (Lipinski definition) is 0. The van der Waals surface area contributed by atoms with Crippen molar-refractivity contribution in [3.05, 3.63) is 64.7 Å². The maximum atomic E-state index is 5.82. The quantitative estimate of drug-likeness (QED) is 0.739. The highest BCUT2D eigenvalue weighted by molar-refractivity contribution is 9.08. The Hall–Kier alpha value is -1.28. The second kappa shape index (κ2) is 6.05. The lowest BCUT2D eigenvalue weighted by molar-refractivity contribution is 0.306. The number of aryl methyl sites for hydroxylation is 2. The first-order valence-corrected chi connectivity index (χ1v) is 7.14. The van der Waals surface area contributed by atoms with Crippen LogP contribution in [0.1, 0.15) is 22.3 Å². The van der Waals surface area contributed by atoms with Crippen molar-refractivity contribution >= 4 is 15.9 Å². The van der Waals surface area contributed by atoms with E-state index in [0.717, 1.165) is 11.1 Å². The highest BCUT2D eigenvalue weighted by atomic mass is 79.9. The van der Waals surface area contributed by atoms with Gasteiger partial charge in [-0.25, -0.2) is 0 Å². The molecule has 0 saturated carbocycles. The maximum Gasteiger partial charge on any atom is 0.120 e. The number of benzene rings is 2. The molecule has 0 atom stereocenters. The third kappa shape index (κ3) is 3.61. The van der Waals surface area contributed by atoms with E-state index in [2.05, 4.69) is 60.1 Å². The van der Waals surface area contributed by atoms with Crippen LogP contribution >= 0.6 is 15.9 Å². The molecule has 0 spiro atoms. The molecule has 2 rings (SSSR count). The first kappa shape index (κ1) is 13.2. The number of ether oxygens (including phenoxy) is 1. The Labute approximate surface area is 117 Å². The monoisotopic (exact) mass is 304 g/mol. The van der Waals surface area contributed by atoms with Crippen LogP contribution in [-0.2, 0) is 11.9 Å². The van der Waals surface area contributed by atoms with Gasteiger partial charge in [0.15, 0.2) is 0 Å². The fourth-order valence-corrected chi connectivity index (χ4v) is 2.39. The van der Waals surface area contributed by atoms with Crippen molar-refractivity contribution in [2.75, 3.05) is 0 Å². The van der Waals surface area contributed by atoms with Gasteiger partial charge in [0.05, 0.1) is 0 Å². The van der Waals surface area contributed by atoms with Crippen molar-refractivity contribution in [2.45, 2.75) is 25.8 Å². The summed E-state index contributed by atoms with van der Waals surface area (Å²) in [5.41, 5.74) is 5.01. The van der Waals surface area contributed by atoms with Crippen LogP contribution in [0.5, 0.6) is 5.75 Å². The number of alkyl halides is 1. The van der Waals surface area contributed by atoms with Crippen LogP contribution in [0.25, 0.3) is 0 Å². The van der Waals surface area contributed by atoms with Crippen LogP contribution in [0.15, 0.2) is 42.5 Å². The summed E-state index contributed by atoms with van der Waals surface area (Å²) in [6, 6.07) is 14.7. The highest BCUT2D eigenvalue weighted by Gasteiger charge is 1.99. The molecule has 0 heterocycles. The lowest BCUT2D eigenvalue weighted by Gasteiger charge is -2.09. The van der Waals surface area contributed by atoms with Gasteiger partial charge in [-0.1, -0.05) is 57.4 Å². The Morgan fingerprint density at radius 3 is 2.33 bits per heavy atom. The average Bonchev–Trinajstić information content (AvgIpc) is 2.35. The van der Waals surface area contributed by atoms with Gasteiger partial charge in [0.25, 0.3) is 0 Å². The van der Waals surface area contributed by atoms with Crippen molar-refractivity contribution in [2.24, 2.45) is 0 Å². The lowest BCUT2D eigenvalue weighted by atomic mass is 10.1. The zero-order valence-corrected chi connectivity index (χ0v) is 12.3. The zero-order chi connectivity index (χ0) is 13.0. The molecule has 18 heavy (non-hydrogen) atoms. The Bertz CT molecular complexity index is 514. The van der Waals surface area contributed by atoms with E-state index < -0.39 is 0 Å². The molecule has 2 aromatic carbocycles. The van der Waals surface area contributed by atoms with E-state index >= 15 is 0 Å². The largest absolute Gasteiger partial charge is 0.489 e. The minimum atomic E-state index is 0.619. The minimum Gasteiger partial charge on any atom is -0.489 e. The van der Waals surface area contributed by atoms with Gasteiger partial charge >= 0.3 is 0 Å². The highest BCUT2D eigenvalue weighted by Crippen LogP contribution is 2.17. The number of hydrogen-bond acceptors (Lipinski definition) is 1. The van der Waals surface area contributed by atoms with Crippen LogP contribution in [-0.4, -0.2) is 0 Å². The van der Waals surface area contributed by atoms with Crippen LogP contribution in [0, 0.1) is 13.8 Å². The molecule has 2 aromatic rings. The Morgan fingerprint density at radius 2 is 1.67 bits per heavy atom. The molecule has 0 N–H and O–H groups in total. The zero-order valence-electron chi connectivity index (χ0n) is 10.7. The summed E-state index contributed by atoms with van der Waals surface area (Å²) in [5, 5.41) is 0.855. The molecule has 0 bridgehead atoms. The van der Waals surface area contributed by atoms with E-state index in [4.69, 9.17) is 4.74 Å². The third-order valence-corrected chi connectivity index (χ3v) is 3.39. The second-order valence-corrected chi connectivity index (χ2v) is 5.13. The summed E-state index contributed by atoms with van der Waals surface area (Å²) in [4.78, 5) is 0. The molecule has 0 aliphatic carbocycles. The van der Waals surface area contributed by atoms with E-state index in [1.807, 2.05) is 12.1 Å². The SMILES string of the molecule is Cc1cc(C)cc(COc2cccc(CBr)c2)c1. The molecule has 0 amide bonds. The van der Waals surface area contributed by atoms with Crippen molar-refractivity contribution in [1.29, 1.82) is 0 Å². The van der Waals surface area contributed by atoms with Gasteiger partial charge in [-0.3, -0.25) is 0 Å². The molecule has 0 aliphatic heterocycles. The van der Waals surface area contributed by atoms with Crippen molar-refractivity contribution in [1.82, 2.24) is 0 Å². The van der Waals surface area contributed by atoms with E-state index in [9.17, 15) is 0 Å². The summed E-state index contributed by atoms with van der Waals surface area (Å²) in [6.07, 6.45) is 0. The fraction of sp³-hybridized carbons (Fsp3) is 0.250. The summed E-state index contributed by atoms with van der Waals surface area (Å²) >= 11 is 3.45. The van der Waals surface area contributed by atoms with Crippen molar-refractivity contribution < 1.29 is 4.74 Å². The predicted molar refractivity (Wildman–Crippen MR) is 79.3 cm³/mol. The van der Waals surface area contributed by atoms with Gasteiger partial charge in [-0.2, -0.15) is 0 Å². The molecule has 0 saturated heterocycles. The first-order chi connectivity index (χ1) is 8.67. The van der Waals surface area contributed by atoms with Gasteiger partial charge in [0.1, 0.15) is 12.4 Å². The maximum absolute atomic E-state index is 5.82. The Balaban J connectivity index is 2.06. The smallest absolute Gasteiger partial charge is 0.120 e. The van der Waals surface area contributed by atoms with Gasteiger partial charge in [-0.15, -0.1) is 0 Å². The van der Waals surface area contributed by atoms with Crippen LogP contribution < -0.4 is 4.74 Å². The molecule has 1 nitrogen and oxygen atoms in total. The van der Waals surface area contributed by atoms with Crippen molar-refractivity contribution in [3.8, 4) is 5.75 Å². The van der Waals surface area contributed by atoms with E-state index in [-0.39, 0.29) is 0 Å². The molecule has 0 fully saturated rings. The van der Waals surface area contributed by atoms with Gasteiger partial charge < -0.3 is 4.74 Å². The van der Waals surface area contributed by atoms with Gasteiger partial charge in [-0.05, 0) is 37.1 Å². The molecular weight excluding hydrogens is 288 g/mol. The Kier molecular flexibility index (Phi) is 4.43. The molecule has 0 aliphatic rings. The van der Waals surface area contributed by atoms with E-state index in [1.165, 1.54) is 22.3 Å². The summed E-state index contributed by atoms with van der Waals surface area (Å²) < 4.78 is 5.82. The molecule has 0 radical (unpaired) electrons. The predicted octanol–water partition coefficient (Wildman–Crippen LogP) is 4.78. The average molecular weight is 305 g/mol. The van der Waals surface area contributed by atoms with E-state index in [1.54, 1.807) is 0 Å². The first-order valence-electron chi connectivity index (χ1n) is 6.02. The molecule has 0 aromatic heterocycles. The minimum absolute atomic E-state index is 0.619. The van der Waals surface area contributed by atoms with Gasteiger partial charge in [0.2, 0.25) is 0 Å². The molecular formula is C16H17BrO. The third-order valence-electron chi connectivity index (χ3n) is 2.74. The number of rotatable bonds is 4. The van der Waals surface area contributed by atoms with Crippen LogP contribution in [0.3, 0.4) is 0 Å². The number of halogens is 1. The second-order valence-electron chi connectivity index (χ2n) is 4.57. The fourth-order valence-electron chi connectivity index (χ4n) is 2.04. The normalized spacial score (nSPS) is 10.4. The standard InChI is InChI=1S/C16H17BrO/c1-12-6-13(2)8-15(7-12)11-18-16-5-3-4-14(9-16)10-17/h3-9H,10-11H2,1-2H3. The topological polar surface area (TPSA) is 9.23 Å². The van der Waals surface area contributed by atoms with Crippen LogP contribution in [0.4, 0.5) is 0 Å². The summed E-state index contributed by atoms with van der Waals surface area (Å²) in [7, 11) is 0. The molecule has 0 unspecified atom stereocenters. The van der Waals surface area contributed by atoms with Crippen molar-refractivity contribution in [3.63, 3.8) is 0 Å². The summed E-state index contributed by atoms with van der Waals surface area (Å²) in [5.74, 6) is 0.922. The van der Waals surface area contributed by atoms with Crippen LogP contribution in [0.2, 0.25) is 0 Å².